The van der Waals surface area contributed by atoms with E-state index in [0.717, 1.165) is 19.5 Å². The van der Waals surface area contributed by atoms with Crippen LogP contribution in [0.2, 0.25) is 0 Å². The third-order valence-electron chi connectivity index (χ3n) is 3.61. The molecule has 3 N–H and O–H groups in total. The molecule has 1 aromatic heterocycles. The van der Waals surface area contributed by atoms with Gasteiger partial charge in [-0.15, -0.1) is 0 Å². The normalized spacial score (nSPS) is 18.3. The van der Waals surface area contributed by atoms with Crippen LogP contribution in [0.3, 0.4) is 0 Å². The van der Waals surface area contributed by atoms with Crippen LogP contribution in [-0.4, -0.2) is 59.9 Å². The maximum absolute atomic E-state index is 11.9. The lowest BCUT2D eigenvalue weighted by Gasteiger charge is -2.24. The first-order valence-electron chi connectivity index (χ1n) is 7.47. The molecule has 1 amide bonds. The molecule has 1 atom stereocenters. The second kappa shape index (κ2) is 8.11. The van der Waals surface area contributed by atoms with Crippen LogP contribution >= 0.6 is 0 Å². The summed E-state index contributed by atoms with van der Waals surface area (Å²) in [5, 5.41) is 19.0. The number of amides is 1. The Morgan fingerprint density at radius 3 is 3.10 bits per heavy atom. The highest BCUT2D eigenvalue weighted by Crippen LogP contribution is 2.09. The van der Waals surface area contributed by atoms with Gasteiger partial charge in [-0.2, -0.15) is 0 Å². The van der Waals surface area contributed by atoms with Crippen molar-refractivity contribution in [3.05, 3.63) is 11.8 Å². The molecule has 0 radical (unpaired) electrons. The maximum atomic E-state index is 11.9. The minimum absolute atomic E-state index is 0.0920. The molecule has 0 bridgehead atoms. The number of aliphatic hydroxyl groups excluding tert-OH is 1. The van der Waals surface area contributed by atoms with Crippen molar-refractivity contribution in [3.63, 3.8) is 0 Å². The number of carbonyl (C=O) groups excluding carboxylic acids is 1. The van der Waals surface area contributed by atoms with Crippen LogP contribution in [0.15, 0.2) is 10.6 Å². The van der Waals surface area contributed by atoms with Crippen molar-refractivity contribution >= 4 is 11.7 Å². The molecule has 0 saturated carbocycles. The molecule has 0 aliphatic carbocycles. The van der Waals surface area contributed by atoms with Crippen LogP contribution in [0.4, 0.5) is 5.82 Å². The highest BCUT2D eigenvalue weighted by atomic mass is 16.5. The summed E-state index contributed by atoms with van der Waals surface area (Å²) in [5.41, 5.74) is 0. The molecule has 7 nitrogen and oxygen atoms in total. The number of aromatic nitrogens is 1. The second-order valence-corrected chi connectivity index (χ2v) is 5.44. The van der Waals surface area contributed by atoms with E-state index in [4.69, 9.17) is 9.63 Å². The molecule has 118 valence electrons. The first-order chi connectivity index (χ1) is 10.2. The zero-order chi connectivity index (χ0) is 15.1. The van der Waals surface area contributed by atoms with Gasteiger partial charge in [0.1, 0.15) is 5.76 Å². The summed E-state index contributed by atoms with van der Waals surface area (Å²) in [4.78, 5) is 14.0. The smallest absolute Gasteiger partial charge is 0.226 e. The molecule has 7 heteroatoms. The highest BCUT2D eigenvalue weighted by molar-refractivity contribution is 5.89. The number of anilines is 1. The van der Waals surface area contributed by atoms with Gasteiger partial charge >= 0.3 is 0 Å². The number of nitrogens with one attached hydrogen (secondary N) is 2. The first-order valence-corrected chi connectivity index (χ1v) is 7.47. The standard InChI is InChI=1S/C14H24N4O3/c1-11-9-13(17-21-11)16-14(20)4-6-18(7-8-19)10-12-3-2-5-15-12/h9,12,15,19H,2-8,10H2,1H3,(H,16,17,20). The van der Waals surface area contributed by atoms with Crippen LogP contribution in [-0.2, 0) is 4.79 Å². The Bertz CT molecular complexity index is 443. The van der Waals surface area contributed by atoms with Gasteiger partial charge in [0.2, 0.25) is 5.91 Å². The summed E-state index contributed by atoms with van der Waals surface area (Å²) in [6.45, 7) is 5.04. The van der Waals surface area contributed by atoms with E-state index < -0.39 is 0 Å². The number of hydrogen-bond acceptors (Lipinski definition) is 6. The molecule has 0 aromatic carbocycles. The average molecular weight is 296 g/mol. The number of carbonyl (C=O) groups is 1. The van der Waals surface area contributed by atoms with E-state index in [1.807, 2.05) is 0 Å². The summed E-state index contributed by atoms with van der Waals surface area (Å²) < 4.78 is 4.90. The Hall–Kier alpha value is -1.44. The summed E-state index contributed by atoms with van der Waals surface area (Å²) in [6.07, 6.45) is 2.73. The first kappa shape index (κ1) is 15.9. The van der Waals surface area contributed by atoms with E-state index in [0.29, 0.717) is 37.1 Å². The van der Waals surface area contributed by atoms with Crippen molar-refractivity contribution in [2.45, 2.75) is 32.2 Å². The quantitative estimate of drug-likeness (QED) is 0.641. The topological polar surface area (TPSA) is 90.6 Å². The van der Waals surface area contributed by atoms with E-state index in [-0.39, 0.29) is 12.5 Å². The fraction of sp³-hybridized carbons (Fsp3) is 0.714. The second-order valence-electron chi connectivity index (χ2n) is 5.44. The van der Waals surface area contributed by atoms with Crippen molar-refractivity contribution in [3.8, 4) is 0 Å². The monoisotopic (exact) mass is 296 g/mol. The molecule has 1 aliphatic rings. The zero-order valence-electron chi connectivity index (χ0n) is 12.5. The van der Waals surface area contributed by atoms with Gasteiger partial charge in [-0.05, 0) is 26.3 Å². The Morgan fingerprint density at radius 2 is 2.48 bits per heavy atom. The van der Waals surface area contributed by atoms with E-state index in [9.17, 15) is 4.79 Å². The van der Waals surface area contributed by atoms with Crippen LogP contribution in [0.25, 0.3) is 0 Å². The summed E-state index contributed by atoms with van der Waals surface area (Å²) in [6, 6.07) is 2.16. The average Bonchev–Trinajstić information content (AvgIpc) is 3.08. The Kier molecular flexibility index (Phi) is 6.16. The van der Waals surface area contributed by atoms with E-state index in [1.54, 1.807) is 13.0 Å². The van der Waals surface area contributed by atoms with Crippen molar-refractivity contribution in [1.82, 2.24) is 15.4 Å². The van der Waals surface area contributed by atoms with Crippen molar-refractivity contribution in [2.24, 2.45) is 0 Å². The van der Waals surface area contributed by atoms with Gasteiger partial charge in [0, 0.05) is 38.2 Å². The van der Waals surface area contributed by atoms with Crippen LogP contribution in [0, 0.1) is 6.92 Å². The third kappa shape index (κ3) is 5.45. The van der Waals surface area contributed by atoms with Crippen molar-refractivity contribution in [2.75, 3.05) is 38.1 Å². The molecular weight excluding hydrogens is 272 g/mol. The van der Waals surface area contributed by atoms with E-state index in [1.165, 1.54) is 6.42 Å². The number of aliphatic hydroxyl groups is 1. The maximum Gasteiger partial charge on any atom is 0.226 e. The molecule has 0 spiro atoms. The Balaban J connectivity index is 1.73. The molecule has 2 rings (SSSR count). The van der Waals surface area contributed by atoms with E-state index >= 15 is 0 Å². The van der Waals surface area contributed by atoms with Gasteiger partial charge in [0.05, 0.1) is 6.61 Å². The summed E-state index contributed by atoms with van der Waals surface area (Å²) in [5.74, 6) is 1.02. The minimum Gasteiger partial charge on any atom is -0.395 e. The number of hydrogen-bond donors (Lipinski definition) is 3. The SMILES string of the molecule is Cc1cc(NC(=O)CCN(CCO)CC2CCCN2)no1. The molecule has 21 heavy (non-hydrogen) atoms. The van der Waals surface area contributed by atoms with Gasteiger partial charge in [-0.3, -0.25) is 9.69 Å². The third-order valence-corrected chi connectivity index (χ3v) is 3.61. The van der Waals surface area contributed by atoms with Gasteiger partial charge in [-0.1, -0.05) is 5.16 Å². The lowest BCUT2D eigenvalue weighted by Crippen LogP contribution is -2.40. The largest absolute Gasteiger partial charge is 0.395 e. The molecule has 1 saturated heterocycles. The summed E-state index contributed by atoms with van der Waals surface area (Å²) in [7, 11) is 0. The molecule has 1 aliphatic heterocycles. The summed E-state index contributed by atoms with van der Waals surface area (Å²) >= 11 is 0. The fourth-order valence-electron chi connectivity index (χ4n) is 2.55. The lowest BCUT2D eigenvalue weighted by molar-refractivity contribution is -0.116. The van der Waals surface area contributed by atoms with Gasteiger partial charge in [0.15, 0.2) is 5.82 Å². The fourth-order valence-corrected chi connectivity index (χ4v) is 2.55. The highest BCUT2D eigenvalue weighted by Gasteiger charge is 2.18. The predicted octanol–water partition coefficient (Wildman–Crippen LogP) is 0.358. The number of aryl methyl sites for hydroxylation is 1. The van der Waals surface area contributed by atoms with Crippen molar-refractivity contribution in [1.29, 1.82) is 0 Å². The number of nitrogens with zero attached hydrogens (tertiary/aromatic N) is 2. The lowest BCUT2D eigenvalue weighted by atomic mass is 10.2. The van der Waals surface area contributed by atoms with Crippen LogP contribution < -0.4 is 10.6 Å². The molecule has 2 heterocycles. The van der Waals surface area contributed by atoms with Gasteiger partial charge < -0.3 is 20.3 Å². The van der Waals surface area contributed by atoms with Crippen molar-refractivity contribution < 1.29 is 14.4 Å². The molecule has 1 fully saturated rings. The molecular formula is C14H24N4O3. The van der Waals surface area contributed by atoms with E-state index in [2.05, 4.69) is 20.7 Å². The molecule has 1 unspecified atom stereocenters. The van der Waals surface area contributed by atoms with Crippen LogP contribution in [0.1, 0.15) is 25.0 Å². The van der Waals surface area contributed by atoms with Crippen LogP contribution in [0.5, 0.6) is 0 Å². The number of rotatable bonds is 8. The Labute approximate surface area is 124 Å². The Morgan fingerprint density at radius 1 is 1.62 bits per heavy atom. The predicted molar refractivity (Wildman–Crippen MR) is 79.0 cm³/mol. The van der Waals surface area contributed by atoms with Gasteiger partial charge in [-0.25, -0.2) is 0 Å². The van der Waals surface area contributed by atoms with Gasteiger partial charge in [0.25, 0.3) is 0 Å². The molecule has 1 aromatic rings. The zero-order valence-corrected chi connectivity index (χ0v) is 12.5. The minimum atomic E-state index is -0.0920.